The van der Waals surface area contributed by atoms with E-state index in [9.17, 15) is 9.59 Å². The Morgan fingerprint density at radius 1 is 1.33 bits per heavy atom. The normalized spacial score (nSPS) is 17.8. The number of benzene rings is 1. The van der Waals surface area contributed by atoms with E-state index in [4.69, 9.17) is 9.47 Å². The molecule has 0 aliphatic carbocycles. The molecule has 1 aliphatic rings. The van der Waals surface area contributed by atoms with Crippen molar-refractivity contribution in [2.24, 2.45) is 0 Å². The van der Waals surface area contributed by atoms with E-state index < -0.39 is 6.09 Å². The Kier molecular flexibility index (Phi) is 6.85. The minimum absolute atomic E-state index is 0.106. The van der Waals surface area contributed by atoms with E-state index in [1.807, 2.05) is 30.3 Å². The van der Waals surface area contributed by atoms with Crippen LogP contribution in [-0.2, 0) is 20.7 Å². The zero-order chi connectivity index (χ0) is 17.4. The smallest absolute Gasteiger partial charge is 0.414 e. The van der Waals surface area contributed by atoms with Crippen LogP contribution in [0.5, 0.6) is 0 Å². The zero-order valence-corrected chi connectivity index (χ0v) is 14.4. The van der Waals surface area contributed by atoms with Gasteiger partial charge in [-0.05, 0) is 24.8 Å². The second-order valence-electron chi connectivity index (χ2n) is 5.93. The highest BCUT2D eigenvalue weighted by atomic mass is 16.6. The number of amides is 1. The SMILES string of the molecule is CCCCC/C(=C\N1C(=O)OC[C@@H]1Cc1ccccc1)C(=O)OC. The molecule has 5 heteroatoms. The van der Waals surface area contributed by atoms with E-state index in [0.29, 0.717) is 25.0 Å². The summed E-state index contributed by atoms with van der Waals surface area (Å²) in [4.78, 5) is 25.6. The van der Waals surface area contributed by atoms with Crippen molar-refractivity contribution in [3.05, 3.63) is 47.7 Å². The van der Waals surface area contributed by atoms with Gasteiger partial charge in [0.2, 0.25) is 0 Å². The van der Waals surface area contributed by atoms with Crippen LogP contribution < -0.4 is 0 Å². The van der Waals surface area contributed by atoms with Crippen molar-refractivity contribution in [1.82, 2.24) is 4.90 Å². The van der Waals surface area contributed by atoms with Gasteiger partial charge in [0.05, 0.1) is 18.7 Å². The molecule has 24 heavy (non-hydrogen) atoms. The van der Waals surface area contributed by atoms with Gasteiger partial charge in [-0.3, -0.25) is 4.90 Å². The Labute approximate surface area is 143 Å². The summed E-state index contributed by atoms with van der Waals surface area (Å²) in [6.45, 7) is 2.43. The minimum Gasteiger partial charge on any atom is -0.466 e. The first-order valence-corrected chi connectivity index (χ1v) is 8.43. The Bertz CT molecular complexity index is 582. The van der Waals surface area contributed by atoms with E-state index in [1.165, 1.54) is 12.0 Å². The first kappa shape index (κ1) is 18.0. The predicted molar refractivity (Wildman–Crippen MR) is 91.4 cm³/mol. The Morgan fingerprint density at radius 3 is 2.75 bits per heavy atom. The zero-order valence-electron chi connectivity index (χ0n) is 14.4. The molecule has 0 radical (unpaired) electrons. The molecule has 1 heterocycles. The maximum absolute atomic E-state index is 12.1. The van der Waals surface area contributed by atoms with Gasteiger partial charge >= 0.3 is 12.1 Å². The molecule has 1 atom stereocenters. The molecule has 0 spiro atoms. The molecule has 5 nitrogen and oxygen atoms in total. The molecule has 1 saturated heterocycles. The van der Waals surface area contributed by atoms with Gasteiger partial charge in [0.1, 0.15) is 6.61 Å². The van der Waals surface area contributed by atoms with Crippen LogP contribution in [-0.4, -0.2) is 36.7 Å². The number of rotatable bonds is 8. The molecule has 0 aromatic heterocycles. The number of unbranched alkanes of at least 4 members (excludes halogenated alkanes) is 2. The molecule has 1 fully saturated rings. The van der Waals surface area contributed by atoms with Gasteiger partial charge < -0.3 is 9.47 Å². The van der Waals surface area contributed by atoms with E-state index in [0.717, 1.165) is 24.8 Å². The summed E-state index contributed by atoms with van der Waals surface area (Å²) in [5, 5.41) is 0. The number of carbonyl (C=O) groups excluding carboxylic acids is 2. The third kappa shape index (κ3) is 4.85. The quantitative estimate of drug-likeness (QED) is 0.414. The predicted octanol–water partition coefficient (Wildman–Crippen LogP) is 3.69. The summed E-state index contributed by atoms with van der Waals surface area (Å²) in [6.07, 6.45) is 5.49. The number of cyclic esters (lactones) is 1. The largest absolute Gasteiger partial charge is 0.466 e. The van der Waals surface area contributed by atoms with Crippen molar-refractivity contribution in [1.29, 1.82) is 0 Å². The Morgan fingerprint density at radius 2 is 2.08 bits per heavy atom. The number of ether oxygens (including phenoxy) is 2. The number of hydrogen-bond acceptors (Lipinski definition) is 4. The lowest BCUT2D eigenvalue weighted by Gasteiger charge is -2.19. The van der Waals surface area contributed by atoms with Gasteiger partial charge in [0, 0.05) is 6.20 Å². The highest BCUT2D eigenvalue weighted by Crippen LogP contribution is 2.21. The van der Waals surface area contributed by atoms with Gasteiger partial charge in [0.25, 0.3) is 0 Å². The summed E-state index contributed by atoms with van der Waals surface area (Å²) in [5.74, 6) is -0.385. The second-order valence-corrected chi connectivity index (χ2v) is 5.93. The standard InChI is InChI=1S/C19H25NO4/c1-3-4-6-11-16(18(21)23-2)13-20-17(14-24-19(20)22)12-15-9-7-5-8-10-15/h5,7-10,13,17H,3-4,6,11-12,14H2,1-2H3/b16-13+/t17-/m0/s1. The molecule has 0 saturated carbocycles. The molecule has 1 aromatic rings. The van der Waals surface area contributed by atoms with Crippen LogP contribution >= 0.6 is 0 Å². The monoisotopic (exact) mass is 331 g/mol. The summed E-state index contributed by atoms with van der Waals surface area (Å²) in [7, 11) is 1.36. The van der Waals surface area contributed by atoms with Crippen LogP contribution in [0, 0.1) is 0 Å². The van der Waals surface area contributed by atoms with Gasteiger partial charge in [-0.25, -0.2) is 9.59 Å². The van der Waals surface area contributed by atoms with Gasteiger partial charge in [0.15, 0.2) is 0 Å². The molecular weight excluding hydrogens is 306 g/mol. The van der Waals surface area contributed by atoms with Crippen LogP contribution in [0.2, 0.25) is 0 Å². The first-order valence-electron chi connectivity index (χ1n) is 8.43. The van der Waals surface area contributed by atoms with Crippen molar-refractivity contribution < 1.29 is 19.1 Å². The lowest BCUT2D eigenvalue weighted by molar-refractivity contribution is -0.136. The first-order chi connectivity index (χ1) is 11.7. The fraction of sp³-hybridized carbons (Fsp3) is 0.474. The number of hydrogen-bond donors (Lipinski definition) is 0. The van der Waals surface area contributed by atoms with Crippen molar-refractivity contribution >= 4 is 12.1 Å². The van der Waals surface area contributed by atoms with E-state index in [1.54, 1.807) is 6.20 Å². The third-order valence-corrected chi connectivity index (χ3v) is 4.11. The van der Waals surface area contributed by atoms with E-state index in [2.05, 4.69) is 6.92 Å². The highest BCUT2D eigenvalue weighted by Gasteiger charge is 2.32. The molecule has 1 aromatic carbocycles. The molecule has 0 N–H and O–H groups in total. The fourth-order valence-corrected chi connectivity index (χ4v) is 2.76. The summed E-state index contributed by atoms with van der Waals surface area (Å²) >= 11 is 0. The van der Waals surface area contributed by atoms with Crippen molar-refractivity contribution in [2.45, 2.75) is 45.1 Å². The molecule has 1 amide bonds. The second kappa shape index (κ2) is 9.11. The fourth-order valence-electron chi connectivity index (χ4n) is 2.76. The minimum atomic E-state index is -0.409. The molecule has 130 valence electrons. The Balaban J connectivity index is 2.13. The maximum Gasteiger partial charge on any atom is 0.414 e. The average Bonchev–Trinajstić information content (AvgIpc) is 2.94. The molecular formula is C19H25NO4. The number of methoxy groups -OCH3 is 1. The number of nitrogens with zero attached hydrogens (tertiary/aromatic N) is 1. The van der Waals surface area contributed by atoms with Gasteiger partial charge in [-0.2, -0.15) is 0 Å². The lowest BCUT2D eigenvalue weighted by Crippen LogP contribution is -2.31. The van der Waals surface area contributed by atoms with E-state index in [-0.39, 0.29) is 12.0 Å². The van der Waals surface area contributed by atoms with Crippen molar-refractivity contribution in [3.63, 3.8) is 0 Å². The van der Waals surface area contributed by atoms with Crippen molar-refractivity contribution in [2.75, 3.05) is 13.7 Å². The molecule has 0 unspecified atom stereocenters. The average molecular weight is 331 g/mol. The maximum atomic E-state index is 12.1. The molecule has 0 bridgehead atoms. The third-order valence-electron chi connectivity index (χ3n) is 4.11. The number of carbonyl (C=O) groups is 2. The van der Waals surface area contributed by atoms with Gasteiger partial charge in [-0.1, -0.05) is 50.1 Å². The summed E-state index contributed by atoms with van der Waals surface area (Å²) in [6, 6.07) is 9.84. The van der Waals surface area contributed by atoms with Crippen LogP contribution in [0.25, 0.3) is 0 Å². The summed E-state index contributed by atoms with van der Waals surface area (Å²) < 4.78 is 10.0. The number of esters is 1. The van der Waals surface area contributed by atoms with E-state index >= 15 is 0 Å². The van der Waals surface area contributed by atoms with Crippen LogP contribution in [0.1, 0.15) is 38.2 Å². The van der Waals surface area contributed by atoms with Gasteiger partial charge in [-0.15, -0.1) is 0 Å². The summed E-state index contributed by atoms with van der Waals surface area (Å²) in [5.41, 5.74) is 1.65. The van der Waals surface area contributed by atoms with Crippen LogP contribution in [0.4, 0.5) is 4.79 Å². The van der Waals surface area contributed by atoms with Crippen LogP contribution in [0.15, 0.2) is 42.1 Å². The van der Waals surface area contributed by atoms with Crippen molar-refractivity contribution in [3.8, 4) is 0 Å². The Hall–Kier alpha value is -2.30. The highest BCUT2D eigenvalue weighted by molar-refractivity contribution is 5.89. The lowest BCUT2D eigenvalue weighted by atomic mass is 10.1. The molecule has 1 aliphatic heterocycles. The van der Waals surface area contributed by atoms with Crippen LogP contribution in [0.3, 0.4) is 0 Å². The molecule has 2 rings (SSSR count). The topological polar surface area (TPSA) is 55.8 Å².